The minimum absolute atomic E-state index is 0.297. The molecule has 2 aliphatic rings. The molecule has 2 atom stereocenters. The topological polar surface area (TPSA) is 109 Å². The average molecular weight is 378 g/mol. The Kier molecular flexibility index (Phi) is 5.96. The second-order valence-corrected chi connectivity index (χ2v) is 8.42. The third-order valence-electron chi connectivity index (χ3n) is 5.57. The van der Waals surface area contributed by atoms with Crippen molar-refractivity contribution in [3.8, 4) is 0 Å². The predicted molar refractivity (Wildman–Crippen MR) is 100 cm³/mol. The number of nitrogens with one attached hydrogen (secondary N) is 1. The van der Waals surface area contributed by atoms with E-state index in [2.05, 4.69) is 5.32 Å². The molecule has 7 heteroatoms. The summed E-state index contributed by atoms with van der Waals surface area (Å²) in [4.78, 5) is 37.5. The van der Waals surface area contributed by atoms with Crippen LogP contribution in [0, 0.1) is 11.8 Å². The first-order valence-electron chi connectivity index (χ1n) is 9.47. The number of rotatable bonds is 4. The highest BCUT2D eigenvalue weighted by molar-refractivity contribution is 7.17. The first-order valence-corrected chi connectivity index (χ1v) is 10.3. The number of aliphatic carboxylic acids is 1. The molecule has 26 heavy (non-hydrogen) atoms. The second-order valence-electron chi connectivity index (χ2n) is 7.31. The number of hydrogen-bond donors (Lipinski definition) is 3. The first kappa shape index (κ1) is 18.9. The number of carbonyl (C=O) groups is 3. The fourth-order valence-electron chi connectivity index (χ4n) is 4.21. The third kappa shape index (κ3) is 3.92. The second kappa shape index (κ2) is 8.20. The summed E-state index contributed by atoms with van der Waals surface area (Å²) in [6.07, 6.45) is 8.89. The van der Waals surface area contributed by atoms with Gasteiger partial charge >= 0.3 is 5.97 Å². The van der Waals surface area contributed by atoms with Gasteiger partial charge in [-0.15, -0.1) is 11.3 Å². The van der Waals surface area contributed by atoms with Crippen molar-refractivity contribution in [2.75, 3.05) is 5.32 Å². The lowest BCUT2D eigenvalue weighted by molar-refractivity contribution is -0.147. The molecule has 1 fully saturated rings. The van der Waals surface area contributed by atoms with Crippen molar-refractivity contribution in [3.05, 3.63) is 16.0 Å². The Hall–Kier alpha value is -1.89. The van der Waals surface area contributed by atoms with E-state index in [1.807, 2.05) is 0 Å². The van der Waals surface area contributed by atoms with Gasteiger partial charge in [-0.3, -0.25) is 14.4 Å². The minimum Gasteiger partial charge on any atom is -0.481 e. The molecule has 1 saturated carbocycles. The molecular formula is C19H26N2O4S. The van der Waals surface area contributed by atoms with Crippen LogP contribution < -0.4 is 11.1 Å². The number of nitrogens with two attached hydrogens (primary N) is 1. The molecule has 2 amide bonds. The Morgan fingerprint density at radius 3 is 2.27 bits per heavy atom. The van der Waals surface area contributed by atoms with Crippen LogP contribution in [0.3, 0.4) is 0 Å². The van der Waals surface area contributed by atoms with Crippen LogP contribution in [0.5, 0.6) is 0 Å². The molecule has 0 aliphatic heterocycles. The summed E-state index contributed by atoms with van der Waals surface area (Å²) < 4.78 is 0. The van der Waals surface area contributed by atoms with Crippen LogP contribution in [0.15, 0.2) is 0 Å². The summed E-state index contributed by atoms with van der Waals surface area (Å²) in [5.41, 5.74) is 7.04. The van der Waals surface area contributed by atoms with Crippen molar-refractivity contribution in [3.63, 3.8) is 0 Å². The van der Waals surface area contributed by atoms with Gasteiger partial charge in [-0.05, 0) is 44.1 Å². The molecule has 0 unspecified atom stereocenters. The zero-order chi connectivity index (χ0) is 18.7. The number of thiophene rings is 1. The molecule has 6 nitrogen and oxygen atoms in total. The fraction of sp³-hybridized carbons (Fsp3) is 0.632. The van der Waals surface area contributed by atoms with E-state index in [0.29, 0.717) is 23.4 Å². The van der Waals surface area contributed by atoms with Crippen LogP contribution in [0.1, 0.15) is 72.2 Å². The molecule has 0 aromatic carbocycles. The van der Waals surface area contributed by atoms with Gasteiger partial charge in [-0.2, -0.15) is 0 Å². The SMILES string of the molecule is NC(=O)c1c(NC(=O)[C@@H]2CCCC[C@@H]2C(=O)O)sc2c1CCCCCC2. The van der Waals surface area contributed by atoms with Gasteiger partial charge in [-0.1, -0.05) is 25.7 Å². The summed E-state index contributed by atoms with van der Waals surface area (Å²) in [5.74, 6) is -2.93. The van der Waals surface area contributed by atoms with Gasteiger partial charge in [0.2, 0.25) is 5.91 Å². The van der Waals surface area contributed by atoms with Crippen LogP contribution in [0.4, 0.5) is 5.00 Å². The molecule has 142 valence electrons. The lowest BCUT2D eigenvalue weighted by Crippen LogP contribution is -2.36. The quantitative estimate of drug-likeness (QED) is 0.746. The zero-order valence-corrected chi connectivity index (χ0v) is 15.7. The Morgan fingerprint density at radius 1 is 0.962 bits per heavy atom. The summed E-state index contributed by atoms with van der Waals surface area (Å²) in [7, 11) is 0. The van der Waals surface area contributed by atoms with E-state index in [1.54, 1.807) is 0 Å². The molecule has 1 heterocycles. The zero-order valence-electron chi connectivity index (χ0n) is 14.9. The molecule has 0 bridgehead atoms. The molecule has 0 radical (unpaired) electrons. The fourth-order valence-corrected chi connectivity index (χ4v) is 5.51. The van der Waals surface area contributed by atoms with Gasteiger partial charge in [-0.25, -0.2) is 0 Å². The average Bonchev–Trinajstić information content (AvgIpc) is 2.91. The Bertz CT molecular complexity index is 713. The van der Waals surface area contributed by atoms with Crippen LogP contribution in [-0.2, 0) is 22.4 Å². The highest BCUT2D eigenvalue weighted by atomic mass is 32.1. The van der Waals surface area contributed by atoms with Gasteiger partial charge in [0.15, 0.2) is 0 Å². The molecular weight excluding hydrogens is 352 g/mol. The summed E-state index contributed by atoms with van der Waals surface area (Å²) in [6.45, 7) is 0. The van der Waals surface area contributed by atoms with Gasteiger partial charge in [0.05, 0.1) is 17.4 Å². The first-order chi connectivity index (χ1) is 12.5. The number of aryl methyl sites for hydroxylation is 1. The van der Waals surface area contributed by atoms with Gasteiger partial charge < -0.3 is 16.2 Å². The molecule has 0 saturated heterocycles. The normalized spacial score (nSPS) is 23.4. The number of fused-ring (bicyclic) bond motifs is 1. The number of amides is 2. The molecule has 4 N–H and O–H groups in total. The maximum atomic E-state index is 12.8. The third-order valence-corrected chi connectivity index (χ3v) is 6.78. The van der Waals surface area contributed by atoms with Crippen molar-refractivity contribution in [2.45, 2.75) is 64.2 Å². The standard InChI is InChI=1S/C19H26N2O4S/c20-16(22)15-13-9-3-1-2-4-10-14(13)26-18(15)21-17(23)11-7-5-6-8-12(11)19(24)25/h11-12H,1-10H2,(H2,20,22)(H,21,23)(H,24,25)/t11-,12+/m1/s1. The van der Waals surface area contributed by atoms with Crippen molar-refractivity contribution >= 4 is 34.1 Å². The maximum Gasteiger partial charge on any atom is 0.307 e. The number of hydrogen-bond acceptors (Lipinski definition) is 4. The van der Waals surface area contributed by atoms with Gasteiger partial charge in [0.25, 0.3) is 5.91 Å². The Balaban J connectivity index is 1.86. The van der Waals surface area contributed by atoms with Gasteiger partial charge in [0.1, 0.15) is 5.00 Å². The van der Waals surface area contributed by atoms with Crippen molar-refractivity contribution in [2.24, 2.45) is 17.6 Å². The predicted octanol–water partition coefficient (Wildman–Crippen LogP) is 3.34. The smallest absolute Gasteiger partial charge is 0.307 e. The Morgan fingerprint density at radius 2 is 1.62 bits per heavy atom. The van der Waals surface area contributed by atoms with Gasteiger partial charge in [0, 0.05) is 4.88 Å². The summed E-state index contributed by atoms with van der Waals surface area (Å²) >= 11 is 1.43. The molecule has 1 aromatic heterocycles. The molecule has 2 aliphatic carbocycles. The molecule has 3 rings (SSSR count). The number of anilines is 1. The lowest BCUT2D eigenvalue weighted by Gasteiger charge is -2.27. The van der Waals surface area contributed by atoms with E-state index in [1.165, 1.54) is 17.8 Å². The highest BCUT2D eigenvalue weighted by Crippen LogP contribution is 2.38. The van der Waals surface area contributed by atoms with E-state index in [4.69, 9.17) is 5.73 Å². The van der Waals surface area contributed by atoms with E-state index >= 15 is 0 Å². The van der Waals surface area contributed by atoms with Crippen LogP contribution >= 0.6 is 11.3 Å². The van der Waals surface area contributed by atoms with Crippen LogP contribution in [0.25, 0.3) is 0 Å². The number of carboxylic acid groups (broad SMARTS) is 1. The van der Waals surface area contributed by atoms with Crippen molar-refractivity contribution in [1.29, 1.82) is 0 Å². The number of carboxylic acids is 1. The van der Waals surface area contributed by atoms with Crippen LogP contribution in [0.2, 0.25) is 0 Å². The minimum atomic E-state index is -0.918. The van der Waals surface area contributed by atoms with E-state index < -0.39 is 23.7 Å². The highest BCUT2D eigenvalue weighted by Gasteiger charge is 2.36. The van der Waals surface area contributed by atoms with Crippen molar-refractivity contribution < 1.29 is 19.5 Å². The number of carbonyl (C=O) groups excluding carboxylic acids is 2. The number of primary amides is 1. The Labute approximate surface area is 157 Å². The summed E-state index contributed by atoms with van der Waals surface area (Å²) in [5, 5.41) is 12.8. The van der Waals surface area contributed by atoms with E-state index in [9.17, 15) is 19.5 Å². The van der Waals surface area contributed by atoms with Crippen molar-refractivity contribution in [1.82, 2.24) is 0 Å². The summed E-state index contributed by atoms with van der Waals surface area (Å²) in [6, 6.07) is 0. The largest absolute Gasteiger partial charge is 0.481 e. The van der Waals surface area contributed by atoms with E-state index in [0.717, 1.165) is 55.4 Å². The van der Waals surface area contributed by atoms with Crippen LogP contribution in [-0.4, -0.2) is 22.9 Å². The lowest BCUT2D eigenvalue weighted by atomic mass is 9.78. The van der Waals surface area contributed by atoms with E-state index in [-0.39, 0.29) is 5.91 Å². The monoisotopic (exact) mass is 378 g/mol. The molecule has 1 aromatic rings. The molecule has 0 spiro atoms. The maximum absolute atomic E-state index is 12.8.